The molecule has 5 rings (SSSR count). The maximum atomic E-state index is 13.3. The third kappa shape index (κ3) is 6.01. The quantitative estimate of drug-likeness (QED) is 0.513. The van der Waals surface area contributed by atoms with Gasteiger partial charge in [0.2, 0.25) is 6.79 Å². The molecule has 2 aromatic rings. The van der Waals surface area contributed by atoms with Crippen molar-refractivity contribution in [3.8, 4) is 11.5 Å². The number of likely N-dealkylation sites (N-methyl/N-ethyl adjacent to an activating group) is 1. The van der Waals surface area contributed by atoms with Crippen molar-refractivity contribution in [3.63, 3.8) is 0 Å². The van der Waals surface area contributed by atoms with Crippen LogP contribution in [0.3, 0.4) is 0 Å². The summed E-state index contributed by atoms with van der Waals surface area (Å²) in [6, 6.07) is 7.92. The molecule has 0 saturated carbocycles. The van der Waals surface area contributed by atoms with Gasteiger partial charge in [-0.15, -0.1) is 0 Å². The third-order valence-corrected chi connectivity index (χ3v) is 7.51. The lowest BCUT2D eigenvalue weighted by Gasteiger charge is -2.36. The van der Waals surface area contributed by atoms with Crippen LogP contribution in [0.2, 0.25) is 0 Å². The van der Waals surface area contributed by atoms with Gasteiger partial charge in [-0.05, 0) is 49.2 Å². The van der Waals surface area contributed by atoms with Crippen molar-refractivity contribution in [1.82, 2.24) is 20.0 Å². The maximum absolute atomic E-state index is 13.3. The summed E-state index contributed by atoms with van der Waals surface area (Å²) in [5.41, 5.74) is 0.509. The first kappa shape index (κ1) is 29.2. The van der Waals surface area contributed by atoms with Crippen LogP contribution < -0.4 is 14.8 Å². The van der Waals surface area contributed by atoms with Crippen molar-refractivity contribution in [3.05, 3.63) is 70.4 Å². The number of carbonyl (C=O) groups excluding carboxylic acids is 3. The number of hydrogen-bond donors (Lipinski definition) is 1. The van der Waals surface area contributed by atoms with Crippen LogP contribution in [0, 0.1) is 0 Å². The largest absolute Gasteiger partial charge is 0.463 e. The van der Waals surface area contributed by atoms with E-state index in [-0.39, 0.29) is 31.4 Å². The third-order valence-electron chi connectivity index (χ3n) is 7.51. The van der Waals surface area contributed by atoms with E-state index in [1.54, 1.807) is 30.0 Å². The van der Waals surface area contributed by atoms with Gasteiger partial charge < -0.3 is 24.4 Å². The lowest BCUT2D eigenvalue weighted by atomic mass is 9.93. The highest BCUT2D eigenvalue weighted by molar-refractivity contribution is 5.96. The maximum Gasteiger partial charge on any atom is 0.416 e. The Hall–Kier alpha value is -4.26. The molecule has 3 heterocycles. The minimum Gasteiger partial charge on any atom is -0.463 e. The van der Waals surface area contributed by atoms with Crippen molar-refractivity contribution in [1.29, 1.82) is 0 Å². The molecule has 0 radical (unpaired) electrons. The van der Waals surface area contributed by atoms with Gasteiger partial charge >= 0.3 is 18.2 Å². The molecular formula is C29H31F3N4O6. The van der Waals surface area contributed by atoms with Crippen LogP contribution >= 0.6 is 0 Å². The van der Waals surface area contributed by atoms with Crippen LogP contribution in [-0.2, 0) is 15.7 Å². The van der Waals surface area contributed by atoms with Gasteiger partial charge in [-0.3, -0.25) is 14.6 Å². The van der Waals surface area contributed by atoms with Gasteiger partial charge in [0.1, 0.15) is 0 Å². The summed E-state index contributed by atoms with van der Waals surface area (Å²) >= 11 is 0. The van der Waals surface area contributed by atoms with Crippen molar-refractivity contribution in [2.75, 3.05) is 53.2 Å². The number of amides is 3. The number of alkyl halides is 3. The van der Waals surface area contributed by atoms with E-state index in [0.717, 1.165) is 12.1 Å². The van der Waals surface area contributed by atoms with Gasteiger partial charge in [0, 0.05) is 51.0 Å². The van der Waals surface area contributed by atoms with Crippen molar-refractivity contribution >= 4 is 17.9 Å². The van der Waals surface area contributed by atoms with E-state index >= 15 is 0 Å². The monoisotopic (exact) mass is 588 g/mol. The van der Waals surface area contributed by atoms with Crippen molar-refractivity contribution in [2.45, 2.75) is 25.6 Å². The smallest absolute Gasteiger partial charge is 0.416 e. The highest BCUT2D eigenvalue weighted by Crippen LogP contribution is 2.35. The Bertz CT molecular complexity index is 1390. The first-order chi connectivity index (χ1) is 20.1. The summed E-state index contributed by atoms with van der Waals surface area (Å²) in [5, 5.41) is 2.72. The number of fused-ring (bicyclic) bond motifs is 1. The number of nitrogens with one attached hydrogen (secondary N) is 1. The van der Waals surface area contributed by atoms with Crippen LogP contribution in [0.25, 0.3) is 0 Å². The normalized spacial score (nSPS) is 19.5. The molecule has 1 fully saturated rings. The molecule has 0 aliphatic carbocycles. The molecule has 224 valence electrons. The summed E-state index contributed by atoms with van der Waals surface area (Å²) < 4.78 is 55.5. The zero-order valence-corrected chi connectivity index (χ0v) is 23.2. The first-order valence-corrected chi connectivity index (χ1v) is 13.6. The van der Waals surface area contributed by atoms with Crippen LogP contribution in [0.5, 0.6) is 11.5 Å². The highest BCUT2D eigenvalue weighted by atomic mass is 19.4. The molecular weight excluding hydrogens is 557 g/mol. The molecule has 3 aliphatic heterocycles. The Labute approximate surface area is 240 Å². The number of benzene rings is 2. The standard InChI is InChI=1S/C29H31F3N4O6/c1-3-40-27(38)24-21(34(2)28(39)33-25(24)18-5-8-20(9-6-18)29(30,31)32)16-35-11-4-12-36(14-13-35)26(37)19-7-10-22-23(15-19)42-17-41-22/h5-10,15,25H,3-4,11-14,16-17H2,1-2H3,(H,33,39). The predicted octanol–water partition coefficient (Wildman–Crippen LogP) is 3.80. The van der Waals surface area contributed by atoms with Crippen LogP contribution in [0.15, 0.2) is 53.7 Å². The van der Waals surface area contributed by atoms with E-state index in [0.29, 0.717) is 60.9 Å². The number of urea groups is 1. The van der Waals surface area contributed by atoms with E-state index in [1.807, 2.05) is 4.90 Å². The van der Waals surface area contributed by atoms with Gasteiger partial charge in [-0.2, -0.15) is 13.2 Å². The Morgan fingerprint density at radius 2 is 1.76 bits per heavy atom. The number of hydrogen-bond acceptors (Lipinski definition) is 7. The molecule has 42 heavy (non-hydrogen) atoms. The topological polar surface area (TPSA) is 101 Å². The van der Waals surface area contributed by atoms with E-state index < -0.39 is 29.8 Å². The molecule has 13 heteroatoms. The number of esters is 1. The molecule has 1 unspecified atom stereocenters. The van der Waals surface area contributed by atoms with Crippen LogP contribution in [-0.4, -0.2) is 85.8 Å². The Balaban J connectivity index is 1.38. The first-order valence-electron chi connectivity index (χ1n) is 13.6. The van der Waals surface area contributed by atoms with Crippen molar-refractivity contribution in [2.24, 2.45) is 0 Å². The Morgan fingerprint density at radius 3 is 2.48 bits per heavy atom. The lowest BCUT2D eigenvalue weighted by molar-refractivity contribution is -0.139. The summed E-state index contributed by atoms with van der Waals surface area (Å²) in [6.45, 7) is 4.01. The van der Waals surface area contributed by atoms with Gasteiger partial charge in [0.25, 0.3) is 5.91 Å². The minimum atomic E-state index is -4.52. The molecule has 1 atom stereocenters. The van der Waals surface area contributed by atoms with Gasteiger partial charge in [0.05, 0.1) is 23.8 Å². The molecule has 2 aromatic carbocycles. The lowest BCUT2D eigenvalue weighted by Crippen LogP contribution is -2.49. The summed E-state index contributed by atoms with van der Waals surface area (Å²) in [6.07, 6.45) is -3.87. The molecule has 0 aromatic heterocycles. The second-order valence-electron chi connectivity index (χ2n) is 10.1. The van der Waals surface area contributed by atoms with E-state index in [9.17, 15) is 27.6 Å². The second kappa shape index (κ2) is 11.9. The Morgan fingerprint density at radius 1 is 1.02 bits per heavy atom. The second-order valence-corrected chi connectivity index (χ2v) is 10.1. The SMILES string of the molecule is CCOC(=O)C1=C(CN2CCCN(C(=O)c3ccc4c(c3)OCO4)CC2)N(C)C(=O)NC1c1ccc(C(F)(F)F)cc1. The average molecular weight is 589 g/mol. The molecule has 0 bridgehead atoms. The number of nitrogens with zero attached hydrogens (tertiary/aromatic N) is 3. The fraction of sp³-hybridized carbons (Fsp3) is 0.414. The molecule has 1 saturated heterocycles. The molecule has 10 nitrogen and oxygen atoms in total. The summed E-state index contributed by atoms with van der Waals surface area (Å²) in [4.78, 5) is 44.6. The fourth-order valence-electron chi connectivity index (χ4n) is 5.27. The molecule has 3 amide bonds. The number of ether oxygens (including phenoxy) is 3. The predicted molar refractivity (Wildman–Crippen MR) is 144 cm³/mol. The zero-order valence-electron chi connectivity index (χ0n) is 23.2. The fourth-order valence-corrected chi connectivity index (χ4v) is 5.27. The number of carbonyl (C=O) groups is 3. The highest BCUT2D eigenvalue weighted by Gasteiger charge is 2.38. The average Bonchev–Trinajstić information content (AvgIpc) is 3.32. The van der Waals surface area contributed by atoms with Crippen LogP contribution in [0.4, 0.5) is 18.0 Å². The van der Waals surface area contributed by atoms with E-state index in [1.165, 1.54) is 24.1 Å². The zero-order chi connectivity index (χ0) is 30.0. The van der Waals surface area contributed by atoms with Gasteiger partial charge in [-0.25, -0.2) is 9.59 Å². The molecule has 1 N–H and O–H groups in total. The molecule has 0 spiro atoms. The number of rotatable bonds is 6. The molecule has 3 aliphatic rings. The van der Waals surface area contributed by atoms with E-state index in [2.05, 4.69) is 5.32 Å². The number of halogens is 3. The summed E-state index contributed by atoms with van der Waals surface area (Å²) in [7, 11) is 1.53. The van der Waals surface area contributed by atoms with E-state index in [4.69, 9.17) is 14.2 Å². The van der Waals surface area contributed by atoms with Gasteiger partial charge in [-0.1, -0.05) is 12.1 Å². The minimum absolute atomic E-state index is 0.0770. The summed E-state index contributed by atoms with van der Waals surface area (Å²) in [5.74, 6) is 0.309. The Kier molecular flexibility index (Phi) is 8.30. The van der Waals surface area contributed by atoms with Crippen LogP contribution in [0.1, 0.15) is 40.9 Å². The van der Waals surface area contributed by atoms with Gasteiger partial charge in [0.15, 0.2) is 11.5 Å². The van der Waals surface area contributed by atoms with Crippen molar-refractivity contribution < 1.29 is 41.8 Å².